The van der Waals surface area contributed by atoms with Crippen LogP contribution in [0.1, 0.15) is 5.56 Å². The molecule has 0 atom stereocenters. The number of nitriles is 1. The van der Waals surface area contributed by atoms with Gasteiger partial charge >= 0.3 is 0 Å². The Morgan fingerprint density at radius 1 is 0.339 bits per heavy atom. The van der Waals surface area contributed by atoms with Crippen molar-refractivity contribution in [3.8, 4) is 62.2 Å². The molecule has 3 heterocycles. The van der Waals surface area contributed by atoms with Crippen LogP contribution >= 0.6 is 0 Å². The smallest absolute Gasteiger partial charge is 0.0991 e. The third-order valence-corrected chi connectivity index (χ3v) is 12.3. The highest BCUT2D eigenvalue weighted by Crippen LogP contribution is 2.40. The summed E-state index contributed by atoms with van der Waals surface area (Å²) >= 11 is 0. The van der Waals surface area contributed by atoms with Gasteiger partial charge in [0.05, 0.1) is 45.1 Å². The van der Waals surface area contributed by atoms with Gasteiger partial charge in [-0.05, 0) is 107 Å². The molecule has 0 aliphatic carbocycles. The summed E-state index contributed by atoms with van der Waals surface area (Å²) in [5, 5.41) is 16.7. The summed E-state index contributed by atoms with van der Waals surface area (Å²) < 4.78 is 4.72. The van der Waals surface area contributed by atoms with Gasteiger partial charge in [-0.1, -0.05) is 140 Å². The summed E-state index contributed by atoms with van der Waals surface area (Å²) in [6.07, 6.45) is 0. The second-order valence-corrected chi connectivity index (χ2v) is 15.9. The van der Waals surface area contributed by atoms with E-state index in [2.05, 4.69) is 203 Å². The largest absolute Gasteiger partial charge is 0.309 e. The molecule has 4 heteroatoms. The van der Waals surface area contributed by atoms with Gasteiger partial charge in [0.2, 0.25) is 0 Å². The van der Waals surface area contributed by atoms with Crippen LogP contribution in [0, 0.1) is 11.3 Å². The Morgan fingerprint density at radius 3 is 1.53 bits per heavy atom. The van der Waals surface area contributed by atoms with Crippen LogP contribution in [0.5, 0.6) is 0 Å². The Morgan fingerprint density at radius 2 is 0.839 bits per heavy atom. The van der Waals surface area contributed by atoms with Crippen LogP contribution in [0.3, 0.4) is 0 Å². The molecule has 0 radical (unpaired) electrons. The van der Waals surface area contributed by atoms with Gasteiger partial charge in [-0.25, -0.2) is 4.98 Å². The first-order valence-corrected chi connectivity index (χ1v) is 20.9. The highest BCUT2D eigenvalue weighted by Gasteiger charge is 2.18. The molecule has 0 aliphatic heterocycles. The van der Waals surface area contributed by atoms with E-state index < -0.39 is 0 Å². The molecule has 0 saturated heterocycles. The van der Waals surface area contributed by atoms with E-state index in [9.17, 15) is 5.26 Å². The summed E-state index contributed by atoms with van der Waals surface area (Å²) in [6, 6.07) is 79.8. The van der Waals surface area contributed by atoms with E-state index in [1.54, 1.807) is 0 Å². The van der Waals surface area contributed by atoms with Gasteiger partial charge < -0.3 is 9.13 Å². The molecule has 0 aliphatic rings. The maximum absolute atomic E-state index is 9.44. The summed E-state index contributed by atoms with van der Waals surface area (Å²) in [6.45, 7) is 0. The summed E-state index contributed by atoms with van der Waals surface area (Å²) in [5.74, 6) is 0. The molecule has 0 unspecified atom stereocenters. The lowest BCUT2D eigenvalue weighted by atomic mass is 9.98. The number of rotatable bonds is 6. The molecule has 9 aromatic carbocycles. The minimum Gasteiger partial charge on any atom is -0.309 e. The number of para-hydroxylation sites is 2. The van der Waals surface area contributed by atoms with Crippen LogP contribution in [0.25, 0.3) is 111 Å². The number of aromatic nitrogens is 3. The van der Waals surface area contributed by atoms with Crippen molar-refractivity contribution in [2.75, 3.05) is 0 Å². The monoisotopic (exact) mass is 788 g/mol. The predicted molar refractivity (Wildman–Crippen MR) is 257 cm³/mol. The molecular weight excluding hydrogens is 753 g/mol. The average molecular weight is 789 g/mol. The molecule has 4 nitrogen and oxygen atoms in total. The van der Waals surface area contributed by atoms with Crippen LogP contribution in [0.2, 0.25) is 0 Å². The molecule has 0 amide bonds. The number of nitrogens with zero attached hydrogens (tertiary/aromatic N) is 4. The molecule has 0 bridgehead atoms. The molecule has 12 rings (SSSR count). The molecule has 0 spiro atoms. The van der Waals surface area contributed by atoms with E-state index in [1.165, 1.54) is 43.4 Å². The van der Waals surface area contributed by atoms with Crippen molar-refractivity contribution in [2.45, 2.75) is 0 Å². The highest BCUT2D eigenvalue weighted by atomic mass is 15.0. The second kappa shape index (κ2) is 14.3. The van der Waals surface area contributed by atoms with Crippen molar-refractivity contribution >= 4 is 54.4 Å². The van der Waals surface area contributed by atoms with Gasteiger partial charge in [0, 0.05) is 49.4 Å². The molecule has 288 valence electrons. The molecule has 0 N–H and O–H groups in total. The summed E-state index contributed by atoms with van der Waals surface area (Å²) in [4.78, 5) is 5.21. The van der Waals surface area contributed by atoms with Gasteiger partial charge in [-0.3, -0.25) is 0 Å². The Kier molecular flexibility index (Phi) is 8.19. The van der Waals surface area contributed by atoms with Crippen molar-refractivity contribution in [1.82, 2.24) is 14.1 Å². The fourth-order valence-electron chi connectivity index (χ4n) is 9.36. The van der Waals surface area contributed by atoms with Gasteiger partial charge in [0.1, 0.15) is 0 Å². The lowest BCUT2D eigenvalue weighted by molar-refractivity contribution is 1.18. The fraction of sp³-hybridized carbons (Fsp3) is 0. The Balaban J connectivity index is 1.00. The minimum atomic E-state index is 0.651. The third-order valence-electron chi connectivity index (χ3n) is 12.3. The first-order chi connectivity index (χ1) is 30.7. The molecule has 0 fully saturated rings. The lowest BCUT2D eigenvalue weighted by Crippen LogP contribution is -1.96. The van der Waals surface area contributed by atoms with E-state index >= 15 is 0 Å². The van der Waals surface area contributed by atoms with Crippen molar-refractivity contribution < 1.29 is 0 Å². The number of hydrogen-bond donors (Lipinski definition) is 0. The van der Waals surface area contributed by atoms with Crippen LogP contribution in [0.15, 0.2) is 218 Å². The first kappa shape index (κ1) is 35.4. The van der Waals surface area contributed by atoms with Crippen LogP contribution in [-0.2, 0) is 0 Å². The van der Waals surface area contributed by atoms with Crippen molar-refractivity contribution in [3.05, 3.63) is 224 Å². The Labute approximate surface area is 358 Å². The van der Waals surface area contributed by atoms with Crippen molar-refractivity contribution in [1.29, 1.82) is 5.26 Å². The zero-order valence-corrected chi connectivity index (χ0v) is 33.6. The first-order valence-electron chi connectivity index (χ1n) is 20.9. The highest BCUT2D eigenvalue weighted by molar-refractivity contribution is 6.19. The van der Waals surface area contributed by atoms with Gasteiger partial charge in [0.15, 0.2) is 0 Å². The van der Waals surface area contributed by atoms with E-state index in [0.29, 0.717) is 5.56 Å². The Hall–Kier alpha value is -8.52. The van der Waals surface area contributed by atoms with Gasteiger partial charge in [0.25, 0.3) is 0 Å². The zero-order chi connectivity index (χ0) is 41.1. The standard InChI is InChI=1S/C58H36N4/c59-37-38-19-27-46(28-20-38)61-55-17-9-8-16-49(55)52-34-44(26-32-57(52)61)43-22-21-40-25-31-50-48-15-7-10-18-56(48)62(58(50)51(40)33-43)47-29-23-42(24-30-47)54-36-45(39-11-3-1-4-12-39)35-53(60-54)41-13-5-2-6-14-41/h1-36H. The Bertz CT molecular complexity index is 3660. The van der Waals surface area contributed by atoms with Crippen molar-refractivity contribution in [3.63, 3.8) is 0 Å². The number of benzene rings is 9. The van der Waals surface area contributed by atoms with Gasteiger partial charge in [-0.2, -0.15) is 5.26 Å². The van der Waals surface area contributed by atoms with E-state index in [1.807, 2.05) is 30.3 Å². The number of fused-ring (bicyclic) bond motifs is 8. The zero-order valence-electron chi connectivity index (χ0n) is 33.6. The number of pyridine rings is 1. The summed E-state index contributed by atoms with van der Waals surface area (Å²) in [5.41, 5.74) is 16.1. The maximum Gasteiger partial charge on any atom is 0.0991 e. The van der Waals surface area contributed by atoms with E-state index in [4.69, 9.17) is 4.98 Å². The fourth-order valence-corrected chi connectivity index (χ4v) is 9.36. The minimum absolute atomic E-state index is 0.651. The molecular formula is C58H36N4. The van der Waals surface area contributed by atoms with E-state index in [-0.39, 0.29) is 0 Å². The van der Waals surface area contributed by atoms with Gasteiger partial charge in [-0.15, -0.1) is 0 Å². The molecule has 62 heavy (non-hydrogen) atoms. The SMILES string of the molecule is N#Cc1ccc(-n2c3ccccc3c3cc(-c4ccc5ccc6c7ccccc7n(-c7ccc(-c8cc(-c9ccccc9)cc(-c9ccccc9)n8)cc7)c6c5c4)ccc32)cc1. The van der Waals surface area contributed by atoms with E-state index in [0.717, 1.165) is 67.2 Å². The predicted octanol–water partition coefficient (Wildman–Crippen LogP) is 15.0. The summed E-state index contributed by atoms with van der Waals surface area (Å²) in [7, 11) is 0. The molecule has 12 aromatic rings. The topological polar surface area (TPSA) is 46.5 Å². The van der Waals surface area contributed by atoms with Crippen LogP contribution < -0.4 is 0 Å². The molecule has 0 saturated carbocycles. The maximum atomic E-state index is 9.44. The normalized spacial score (nSPS) is 11.5. The number of hydrogen-bond acceptors (Lipinski definition) is 2. The van der Waals surface area contributed by atoms with Crippen molar-refractivity contribution in [2.24, 2.45) is 0 Å². The van der Waals surface area contributed by atoms with Crippen LogP contribution in [0.4, 0.5) is 0 Å². The molecule has 3 aromatic heterocycles. The average Bonchev–Trinajstić information content (AvgIpc) is 3.87. The third kappa shape index (κ3) is 5.79. The lowest BCUT2D eigenvalue weighted by Gasteiger charge is -2.13. The van der Waals surface area contributed by atoms with Crippen LogP contribution in [-0.4, -0.2) is 14.1 Å². The quantitative estimate of drug-likeness (QED) is 0.168. The second-order valence-electron chi connectivity index (χ2n) is 15.9.